The van der Waals surface area contributed by atoms with Crippen molar-refractivity contribution in [1.29, 1.82) is 0 Å². The Balaban J connectivity index is 1.85. The van der Waals surface area contributed by atoms with Gasteiger partial charge < -0.3 is 18.9 Å². The molecule has 0 aromatic heterocycles. The Morgan fingerprint density at radius 3 is 2.24 bits per heavy atom. The first-order valence-electron chi connectivity index (χ1n) is 10.6. The van der Waals surface area contributed by atoms with Gasteiger partial charge in [0, 0.05) is 11.8 Å². The number of ether oxygens (including phenoxy) is 4. The van der Waals surface area contributed by atoms with Gasteiger partial charge in [0.1, 0.15) is 17.1 Å². The Labute approximate surface area is 194 Å². The number of carbonyl (C=O) groups is 1. The molecular formula is C27H27NO5. The van der Waals surface area contributed by atoms with Gasteiger partial charge in [-0.2, -0.15) is 0 Å². The SMILES string of the molecule is COc1ccc(N(C(=O)c2ccc3c(c2OC)C=CC(C)(C)O3)c2ccccc2)cc1OC. The number of hydrogen-bond donors (Lipinski definition) is 0. The van der Waals surface area contributed by atoms with Crippen LogP contribution in [0, 0.1) is 0 Å². The molecule has 0 atom stereocenters. The van der Waals surface area contributed by atoms with E-state index < -0.39 is 5.60 Å². The standard InChI is InChI=1S/C27H27NO5/c1-27(2)16-15-20-22(33-27)14-12-21(25(20)32-5)26(29)28(18-9-7-6-8-10-18)19-11-13-23(30-3)24(17-19)31-4/h6-17H,1-5H3. The maximum atomic E-state index is 14.0. The molecule has 0 saturated heterocycles. The van der Waals surface area contributed by atoms with E-state index in [4.69, 9.17) is 18.9 Å². The summed E-state index contributed by atoms with van der Waals surface area (Å²) in [5, 5.41) is 0. The van der Waals surface area contributed by atoms with Crippen LogP contribution in [0.5, 0.6) is 23.0 Å². The summed E-state index contributed by atoms with van der Waals surface area (Å²) < 4.78 is 22.6. The first-order chi connectivity index (χ1) is 15.9. The summed E-state index contributed by atoms with van der Waals surface area (Å²) in [6.07, 6.45) is 3.90. The molecule has 3 aromatic rings. The van der Waals surface area contributed by atoms with Gasteiger partial charge in [-0.3, -0.25) is 9.69 Å². The molecule has 0 radical (unpaired) electrons. The van der Waals surface area contributed by atoms with Crippen LogP contribution in [-0.4, -0.2) is 32.8 Å². The van der Waals surface area contributed by atoms with E-state index in [0.717, 1.165) is 5.56 Å². The van der Waals surface area contributed by atoms with Crippen molar-refractivity contribution in [1.82, 2.24) is 0 Å². The summed E-state index contributed by atoms with van der Waals surface area (Å²) in [5.74, 6) is 2.00. The minimum atomic E-state index is -0.431. The number of rotatable bonds is 6. The molecule has 0 unspecified atom stereocenters. The summed E-state index contributed by atoms with van der Waals surface area (Å²) in [5.41, 5.74) is 2.07. The smallest absolute Gasteiger partial charge is 0.266 e. The number of hydrogen-bond acceptors (Lipinski definition) is 5. The maximum Gasteiger partial charge on any atom is 0.266 e. The molecule has 1 aliphatic rings. The topological polar surface area (TPSA) is 57.2 Å². The minimum absolute atomic E-state index is 0.244. The van der Waals surface area contributed by atoms with Crippen molar-refractivity contribution in [3.05, 3.63) is 77.9 Å². The number of para-hydroxylation sites is 1. The van der Waals surface area contributed by atoms with E-state index in [1.165, 1.54) is 0 Å². The number of fused-ring (bicyclic) bond motifs is 1. The third kappa shape index (κ3) is 4.24. The zero-order valence-corrected chi connectivity index (χ0v) is 19.4. The summed E-state index contributed by atoms with van der Waals surface area (Å²) >= 11 is 0. The van der Waals surface area contributed by atoms with Crippen LogP contribution in [0.15, 0.2) is 66.7 Å². The van der Waals surface area contributed by atoms with Crippen molar-refractivity contribution in [3.63, 3.8) is 0 Å². The largest absolute Gasteiger partial charge is 0.495 e. The molecule has 1 heterocycles. The minimum Gasteiger partial charge on any atom is -0.495 e. The average molecular weight is 446 g/mol. The van der Waals surface area contributed by atoms with E-state index in [1.807, 2.05) is 68.5 Å². The van der Waals surface area contributed by atoms with Crippen LogP contribution in [0.2, 0.25) is 0 Å². The highest BCUT2D eigenvalue weighted by Crippen LogP contribution is 2.41. The third-order valence-electron chi connectivity index (χ3n) is 5.46. The van der Waals surface area contributed by atoms with Crippen LogP contribution < -0.4 is 23.8 Å². The first-order valence-corrected chi connectivity index (χ1v) is 10.6. The number of methoxy groups -OCH3 is 3. The van der Waals surface area contributed by atoms with Gasteiger partial charge >= 0.3 is 0 Å². The van der Waals surface area contributed by atoms with Crippen molar-refractivity contribution in [2.24, 2.45) is 0 Å². The number of anilines is 2. The van der Waals surface area contributed by atoms with Crippen molar-refractivity contribution in [2.45, 2.75) is 19.4 Å². The molecular weight excluding hydrogens is 418 g/mol. The van der Waals surface area contributed by atoms with Gasteiger partial charge in [-0.15, -0.1) is 0 Å². The van der Waals surface area contributed by atoms with Crippen molar-refractivity contribution < 1.29 is 23.7 Å². The zero-order chi connectivity index (χ0) is 23.6. The predicted octanol–water partition coefficient (Wildman–Crippen LogP) is 5.88. The van der Waals surface area contributed by atoms with E-state index in [1.54, 1.807) is 44.4 Å². The summed E-state index contributed by atoms with van der Waals surface area (Å²) in [7, 11) is 4.70. The molecule has 170 valence electrons. The maximum absolute atomic E-state index is 14.0. The van der Waals surface area contributed by atoms with Crippen LogP contribution in [0.1, 0.15) is 29.8 Å². The fourth-order valence-corrected chi connectivity index (χ4v) is 3.86. The summed E-state index contributed by atoms with van der Waals surface area (Å²) in [4.78, 5) is 15.6. The van der Waals surface area contributed by atoms with Gasteiger partial charge in [-0.25, -0.2) is 0 Å². The molecule has 0 bridgehead atoms. The number of amides is 1. The second-order valence-electron chi connectivity index (χ2n) is 8.11. The molecule has 1 aliphatic heterocycles. The van der Waals surface area contributed by atoms with Gasteiger partial charge in [0.15, 0.2) is 11.5 Å². The molecule has 0 spiro atoms. The lowest BCUT2D eigenvalue weighted by molar-refractivity contribution is 0.0996. The highest BCUT2D eigenvalue weighted by atomic mass is 16.5. The highest BCUT2D eigenvalue weighted by molar-refractivity contribution is 6.13. The average Bonchev–Trinajstić information content (AvgIpc) is 2.83. The Morgan fingerprint density at radius 2 is 1.58 bits per heavy atom. The van der Waals surface area contributed by atoms with Gasteiger partial charge in [-0.1, -0.05) is 18.2 Å². The highest BCUT2D eigenvalue weighted by Gasteiger charge is 2.29. The normalized spacial score (nSPS) is 13.5. The third-order valence-corrected chi connectivity index (χ3v) is 5.46. The fourth-order valence-electron chi connectivity index (χ4n) is 3.86. The lowest BCUT2D eigenvalue weighted by Crippen LogP contribution is -2.29. The lowest BCUT2D eigenvalue weighted by Gasteiger charge is -2.30. The first kappa shape index (κ1) is 22.3. The van der Waals surface area contributed by atoms with E-state index in [9.17, 15) is 4.79 Å². The van der Waals surface area contributed by atoms with Crippen molar-refractivity contribution >= 4 is 23.4 Å². The molecule has 33 heavy (non-hydrogen) atoms. The Kier molecular flexibility index (Phi) is 6.01. The Bertz CT molecular complexity index is 1200. The van der Waals surface area contributed by atoms with Gasteiger partial charge in [0.25, 0.3) is 5.91 Å². The summed E-state index contributed by atoms with van der Waals surface area (Å²) in [6.45, 7) is 3.96. The molecule has 0 aliphatic carbocycles. The van der Waals surface area contributed by atoms with Crippen molar-refractivity contribution in [3.8, 4) is 23.0 Å². The van der Waals surface area contributed by atoms with E-state index in [2.05, 4.69) is 0 Å². The number of nitrogens with zero attached hydrogens (tertiary/aromatic N) is 1. The van der Waals surface area contributed by atoms with Gasteiger partial charge in [0.05, 0.1) is 38.1 Å². The predicted molar refractivity (Wildman–Crippen MR) is 129 cm³/mol. The lowest BCUT2D eigenvalue weighted by atomic mass is 9.99. The van der Waals surface area contributed by atoms with Crippen LogP contribution in [0.4, 0.5) is 11.4 Å². The Morgan fingerprint density at radius 1 is 0.848 bits per heavy atom. The van der Waals surface area contributed by atoms with E-state index in [-0.39, 0.29) is 5.91 Å². The second-order valence-corrected chi connectivity index (χ2v) is 8.11. The summed E-state index contributed by atoms with van der Waals surface area (Å²) in [6, 6.07) is 18.4. The number of carbonyl (C=O) groups excluding carboxylic acids is 1. The quantitative estimate of drug-likeness (QED) is 0.475. The van der Waals surface area contributed by atoms with Crippen molar-refractivity contribution in [2.75, 3.05) is 26.2 Å². The Hall–Kier alpha value is -3.93. The van der Waals surface area contributed by atoms with Gasteiger partial charge in [-0.05, 0) is 62.4 Å². The fraction of sp³-hybridized carbons (Fsp3) is 0.222. The molecule has 6 nitrogen and oxygen atoms in total. The molecule has 6 heteroatoms. The van der Waals surface area contributed by atoms with E-state index >= 15 is 0 Å². The van der Waals surface area contributed by atoms with Gasteiger partial charge in [0.2, 0.25) is 0 Å². The molecule has 0 saturated carbocycles. The second kappa shape index (κ2) is 8.90. The van der Waals surface area contributed by atoms with Crippen LogP contribution >= 0.6 is 0 Å². The monoisotopic (exact) mass is 445 g/mol. The van der Waals surface area contributed by atoms with Crippen LogP contribution in [-0.2, 0) is 0 Å². The van der Waals surface area contributed by atoms with E-state index in [0.29, 0.717) is 39.9 Å². The van der Waals surface area contributed by atoms with Crippen LogP contribution in [0.3, 0.4) is 0 Å². The molecule has 0 N–H and O–H groups in total. The zero-order valence-electron chi connectivity index (χ0n) is 19.4. The molecule has 0 fully saturated rings. The number of benzene rings is 3. The van der Waals surface area contributed by atoms with Crippen LogP contribution in [0.25, 0.3) is 6.08 Å². The molecule has 1 amide bonds. The molecule has 3 aromatic carbocycles. The molecule has 4 rings (SSSR count).